The van der Waals surface area contributed by atoms with E-state index >= 15 is 0 Å². The molecular formula is C15H11BrN2O2. The molecule has 0 spiro atoms. The maximum atomic E-state index is 12.4. The number of rotatable bonds is 2. The molecule has 2 aromatic carbocycles. The third-order valence-electron chi connectivity index (χ3n) is 3.28. The van der Waals surface area contributed by atoms with Crippen LogP contribution in [0.25, 0.3) is 0 Å². The quantitative estimate of drug-likeness (QED) is 0.861. The molecule has 1 heterocycles. The zero-order valence-electron chi connectivity index (χ0n) is 10.5. The van der Waals surface area contributed by atoms with Crippen molar-refractivity contribution in [3.05, 3.63) is 63.6 Å². The molecule has 1 aliphatic heterocycles. The fourth-order valence-electron chi connectivity index (χ4n) is 2.23. The molecule has 1 aliphatic rings. The molecule has 0 atom stereocenters. The number of hydrogen-bond acceptors (Lipinski definition) is 3. The highest BCUT2D eigenvalue weighted by Crippen LogP contribution is 2.30. The molecule has 20 heavy (non-hydrogen) atoms. The molecule has 0 aliphatic carbocycles. The molecule has 0 unspecified atom stereocenters. The van der Waals surface area contributed by atoms with Gasteiger partial charge in [0.1, 0.15) is 0 Å². The molecule has 0 radical (unpaired) electrons. The molecule has 3 rings (SSSR count). The van der Waals surface area contributed by atoms with Crippen molar-refractivity contribution in [1.29, 1.82) is 0 Å². The second-order valence-electron chi connectivity index (χ2n) is 4.51. The van der Waals surface area contributed by atoms with Crippen molar-refractivity contribution < 1.29 is 9.59 Å². The number of carbonyl (C=O) groups is 2. The second-order valence-corrected chi connectivity index (χ2v) is 5.42. The van der Waals surface area contributed by atoms with E-state index in [1.165, 1.54) is 4.90 Å². The van der Waals surface area contributed by atoms with Crippen LogP contribution in [0, 0.1) is 0 Å². The van der Waals surface area contributed by atoms with E-state index in [0.717, 1.165) is 10.0 Å². The summed E-state index contributed by atoms with van der Waals surface area (Å²) >= 11 is 3.31. The zero-order valence-corrected chi connectivity index (χ0v) is 12.1. The van der Waals surface area contributed by atoms with Crippen molar-refractivity contribution in [2.24, 2.45) is 5.73 Å². The van der Waals surface area contributed by atoms with Crippen LogP contribution >= 0.6 is 15.9 Å². The van der Waals surface area contributed by atoms with E-state index in [-0.39, 0.29) is 11.8 Å². The summed E-state index contributed by atoms with van der Waals surface area (Å²) < 4.78 is 0.776. The Hall–Kier alpha value is -1.98. The molecule has 0 bridgehead atoms. The fourth-order valence-corrected chi connectivity index (χ4v) is 2.59. The topological polar surface area (TPSA) is 63.4 Å². The number of benzene rings is 2. The maximum absolute atomic E-state index is 12.4. The Bertz CT molecular complexity index is 710. The monoisotopic (exact) mass is 330 g/mol. The Labute approximate surface area is 124 Å². The molecule has 4 nitrogen and oxygen atoms in total. The van der Waals surface area contributed by atoms with E-state index in [9.17, 15) is 9.59 Å². The number of carbonyl (C=O) groups excluding carboxylic acids is 2. The number of imide groups is 1. The number of fused-ring (bicyclic) bond motifs is 1. The average Bonchev–Trinajstić information content (AvgIpc) is 2.71. The van der Waals surface area contributed by atoms with Gasteiger partial charge in [0.2, 0.25) is 0 Å². The number of amides is 2. The molecule has 2 aromatic rings. The van der Waals surface area contributed by atoms with Gasteiger partial charge in [-0.2, -0.15) is 0 Å². The summed E-state index contributed by atoms with van der Waals surface area (Å²) in [5.41, 5.74) is 7.91. The Morgan fingerprint density at radius 2 is 1.60 bits per heavy atom. The van der Waals surface area contributed by atoms with Crippen molar-refractivity contribution in [3.8, 4) is 0 Å². The average molecular weight is 331 g/mol. The van der Waals surface area contributed by atoms with Crippen molar-refractivity contribution in [1.82, 2.24) is 0 Å². The number of nitrogens with zero attached hydrogens (tertiary/aromatic N) is 1. The largest absolute Gasteiger partial charge is 0.326 e. The first kappa shape index (κ1) is 13.0. The van der Waals surface area contributed by atoms with Crippen LogP contribution in [0.2, 0.25) is 0 Å². The van der Waals surface area contributed by atoms with Crippen LogP contribution in [0.15, 0.2) is 46.9 Å². The first-order valence-corrected chi connectivity index (χ1v) is 6.88. The van der Waals surface area contributed by atoms with E-state index < -0.39 is 0 Å². The lowest BCUT2D eigenvalue weighted by Gasteiger charge is -2.14. The van der Waals surface area contributed by atoms with Gasteiger partial charge in [0.25, 0.3) is 11.8 Å². The molecule has 0 saturated heterocycles. The van der Waals surface area contributed by atoms with Crippen LogP contribution in [0.1, 0.15) is 26.3 Å². The van der Waals surface area contributed by atoms with Crippen LogP contribution < -0.4 is 10.6 Å². The van der Waals surface area contributed by atoms with Gasteiger partial charge in [-0.1, -0.05) is 28.1 Å². The molecule has 100 valence electrons. The molecule has 0 fully saturated rings. The van der Waals surface area contributed by atoms with Gasteiger partial charge >= 0.3 is 0 Å². The first-order chi connectivity index (χ1) is 9.61. The Kier molecular flexibility index (Phi) is 3.16. The summed E-state index contributed by atoms with van der Waals surface area (Å²) in [6.45, 7) is 0.426. The van der Waals surface area contributed by atoms with Gasteiger partial charge in [-0.05, 0) is 35.9 Å². The number of halogens is 1. The van der Waals surface area contributed by atoms with Crippen molar-refractivity contribution >= 4 is 33.4 Å². The SMILES string of the molecule is NCc1ccc(N2C(=O)c3ccc(Br)cc3C2=O)cc1. The summed E-state index contributed by atoms with van der Waals surface area (Å²) in [6, 6.07) is 12.2. The molecule has 5 heteroatoms. The second kappa shape index (κ2) is 4.85. The van der Waals surface area contributed by atoms with E-state index in [2.05, 4.69) is 15.9 Å². The number of nitrogens with two attached hydrogens (primary N) is 1. The summed E-state index contributed by atoms with van der Waals surface area (Å²) in [4.78, 5) is 25.9. The van der Waals surface area contributed by atoms with Crippen LogP contribution in [0.4, 0.5) is 5.69 Å². The van der Waals surface area contributed by atoms with Crippen LogP contribution in [0.5, 0.6) is 0 Å². The fraction of sp³-hybridized carbons (Fsp3) is 0.0667. The van der Waals surface area contributed by atoms with E-state index in [4.69, 9.17) is 5.73 Å². The van der Waals surface area contributed by atoms with E-state index in [1.54, 1.807) is 30.3 Å². The number of hydrogen-bond donors (Lipinski definition) is 1. The van der Waals surface area contributed by atoms with Crippen molar-refractivity contribution in [2.45, 2.75) is 6.54 Å². The van der Waals surface area contributed by atoms with Gasteiger partial charge in [0.05, 0.1) is 16.8 Å². The van der Waals surface area contributed by atoms with Crippen LogP contribution in [0.3, 0.4) is 0 Å². The van der Waals surface area contributed by atoms with E-state index in [0.29, 0.717) is 23.4 Å². The standard InChI is InChI=1S/C15H11BrN2O2/c16-10-3-6-12-13(7-10)15(20)18(14(12)19)11-4-1-9(8-17)2-5-11/h1-7H,8,17H2. The first-order valence-electron chi connectivity index (χ1n) is 6.09. The highest BCUT2D eigenvalue weighted by molar-refractivity contribution is 9.10. The van der Waals surface area contributed by atoms with Gasteiger partial charge in [-0.15, -0.1) is 0 Å². The lowest BCUT2D eigenvalue weighted by Crippen LogP contribution is -2.29. The van der Waals surface area contributed by atoms with Gasteiger partial charge in [0, 0.05) is 11.0 Å². The molecule has 2 N–H and O–H groups in total. The lowest BCUT2D eigenvalue weighted by atomic mass is 10.1. The summed E-state index contributed by atoms with van der Waals surface area (Å²) in [5.74, 6) is -0.593. The maximum Gasteiger partial charge on any atom is 0.266 e. The highest BCUT2D eigenvalue weighted by Gasteiger charge is 2.36. The van der Waals surface area contributed by atoms with Crippen molar-refractivity contribution in [3.63, 3.8) is 0 Å². The Morgan fingerprint density at radius 1 is 0.950 bits per heavy atom. The van der Waals surface area contributed by atoms with E-state index in [1.807, 2.05) is 12.1 Å². The van der Waals surface area contributed by atoms with Crippen molar-refractivity contribution in [2.75, 3.05) is 4.90 Å². The lowest BCUT2D eigenvalue weighted by molar-refractivity contribution is 0.0926. The summed E-state index contributed by atoms with van der Waals surface area (Å²) in [6.07, 6.45) is 0. The van der Waals surface area contributed by atoms with Gasteiger partial charge in [-0.3, -0.25) is 9.59 Å². The minimum atomic E-state index is -0.299. The molecule has 2 amide bonds. The van der Waals surface area contributed by atoms with Crippen LogP contribution in [-0.4, -0.2) is 11.8 Å². The number of anilines is 1. The van der Waals surface area contributed by atoms with Gasteiger partial charge < -0.3 is 5.73 Å². The highest BCUT2D eigenvalue weighted by atomic mass is 79.9. The Morgan fingerprint density at radius 3 is 2.25 bits per heavy atom. The third kappa shape index (κ3) is 1.95. The normalized spacial score (nSPS) is 13.8. The summed E-state index contributed by atoms with van der Waals surface area (Å²) in [7, 11) is 0. The smallest absolute Gasteiger partial charge is 0.266 e. The third-order valence-corrected chi connectivity index (χ3v) is 3.77. The minimum absolute atomic E-state index is 0.294. The molecular weight excluding hydrogens is 320 g/mol. The molecule has 0 saturated carbocycles. The van der Waals surface area contributed by atoms with Gasteiger partial charge in [0.15, 0.2) is 0 Å². The Balaban J connectivity index is 2.04. The van der Waals surface area contributed by atoms with Crippen LogP contribution in [-0.2, 0) is 6.54 Å². The van der Waals surface area contributed by atoms with Gasteiger partial charge in [-0.25, -0.2) is 4.90 Å². The minimum Gasteiger partial charge on any atom is -0.326 e. The predicted octanol–water partition coefficient (Wildman–Crippen LogP) is 2.71. The predicted molar refractivity (Wildman–Crippen MR) is 79.6 cm³/mol. The zero-order chi connectivity index (χ0) is 14.3. The summed E-state index contributed by atoms with van der Waals surface area (Å²) in [5, 5.41) is 0. The molecule has 0 aromatic heterocycles.